The summed E-state index contributed by atoms with van der Waals surface area (Å²) in [5, 5.41) is 3.35. The predicted molar refractivity (Wildman–Crippen MR) is 49.2 cm³/mol. The van der Waals surface area contributed by atoms with Gasteiger partial charge in [-0.3, -0.25) is 0 Å². The number of amidine groups is 1. The maximum Gasteiger partial charge on any atom is 0.365 e. The normalized spacial score (nSPS) is 11.0. The van der Waals surface area contributed by atoms with Crippen molar-refractivity contribution in [3.05, 3.63) is 35.9 Å². The summed E-state index contributed by atoms with van der Waals surface area (Å²) in [6.45, 7) is 1.54. The van der Waals surface area contributed by atoms with E-state index < -0.39 is 5.97 Å². The third kappa shape index (κ3) is 2.94. The summed E-state index contributed by atoms with van der Waals surface area (Å²) in [6, 6.07) is 8.59. The second kappa shape index (κ2) is 4.25. The van der Waals surface area contributed by atoms with Crippen molar-refractivity contribution in [1.82, 2.24) is 0 Å². The van der Waals surface area contributed by atoms with Crippen molar-refractivity contribution in [1.29, 1.82) is 0 Å². The van der Waals surface area contributed by atoms with Gasteiger partial charge in [-0.05, 0) is 19.1 Å². The second-order valence-corrected chi connectivity index (χ2v) is 2.48. The van der Waals surface area contributed by atoms with E-state index in [9.17, 15) is 4.79 Å². The molecule has 0 heterocycles. The van der Waals surface area contributed by atoms with Crippen LogP contribution in [0.5, 0.6) is 0 Å². The molecule has 2 N–H and O–H groups in total. The molecule has 0 fully saturated rings. The zero-order chi connectivity index (χ0) is 9.68. The number of nitrogens with zero attached hydrogens (tertiary/aromatic N) is 1. The first-order valence-electron chi connectivity index (χ1n) is 3.76. The minimum absolute atomic E-state index is 0.212. The van der Waals surface area contributed by atoms with Crippen LogP contribution in [0.15, 0.2) is 35.5 Å². The Morgan fingerprint density at radius 2 is 2.00 bits per heavy atom. The highest BCUT2D eigenvalue weighted by molar-refractivity contribution is 5.89. The lowest BCUT2D eigenvalue weighted by molar-refractivity contribution is 0.0515. The van der Waals surface area contributed by atoms with Crippen LogP contribution in [0.3, 0.4) is 0 Å². The van der Waals surface area contributed by atoms with Crippen molar-refractivity contribution in [2.45, 2.75) is 6.92 Å². The Bertz CT molecular complexity index is 316. The molecule has 0 aromatic heterocycles. The van der Waals surface area contributed by atoms with E-state index in [0.717, 1.165) is 0 Å². The van der Waals surface area contributed by atoms with Gasteiger partial charge in [-0.2, -0.15) is 0 Å². The van der Waals surface area contributed by atoms with E-state index in [0.29, 0.717) is 5.56 Å². The molecular formula is C9H10N2O2. The molecule has 0 saturated heterocycles. The van der Waals surface area contributed by atoms with Crippen LogP contribution in [-0.2, 0) is 4.84 Å². The lowest BCUT2D eigenvalue weighted by Gasteiger charge is -1.96. The Hall–Kier alpha value is -1.84. The fourth-order valence-electron chi connectivity index (χ4n) is 0.740. The molecule has 4 nitrogen and oxygen atoms in total. The summed E-state index contributed by atoms with van der Waals surface area (Å²) in [6.07, 6.45) is 0. The van der Waals surface area contributed by atoms with Gasteiger partial charge in [0, 0.05) is 0 Å². The zero-order valence-electron chi connectivity index (χ0n) is 7.23. The van der Waals surface area contributed by atoms with Gasteiger partial charge in [0.2, 0.25) is 0 Å². The summed E-state index contributed by atoms with van der Waals surface area (Å²) < 4.78 is 0. The summed E-state index contributed by atoms with van der Waals surface area (Å²) in [7, 11) is 0. The van der Waals surface area contributed by atoms with Crippen LogP contribution < -0.4 is 5.73 Å². The summed E-state index contributed by atoms with van der Waals surface area (Å²) in [4.78, 5) is 15.7. The molecule has 68 valence electrons. The number of hydrogen-bond acceptors (Lipinski definition) is 3. The number of oxime groups is 1. The molecule has 0 aliphatic carbocycles. The number of nitrogens with two attached hydrogens (primary N) is 1. The fraction of sp³-hybridized carbons (Fsp3) is 0.111. The first kappa shape index (κ1) is 9.25. The Kier molecular flexibility index (Phi) is 3.03. The Labute approximate surface area is 76.0 Å². The van der Waals surface area contributed by atoms with Crippen LogP contribution >= 0.6 is 0 Å². The zero-order valence-corrected chi connectivity index (χ0v) is 7.23. The van der Waals surface area contributed by atoms with Crippen molar-refractivity contribution >= 4 is 11.8 Å². The minimum atomic E-state index is -0.509. The van der Waals surface area contributed by atoms with Gasteiger partial charge >= 0.3 is 5.97 Å². The van der Waals surface area contributed by atoms with E-state index in [1.807, 2.05) is 6.07 Å². The van der Waals surface area contributed by atoms with E-state index in [2.05, 4.69) is 9.99 Å². The lowest BCUT2D eigenvalue weighted by Crippen LogP contribution is -2.08. The molecule has 0 bridgehead atoms. The van der Waals surface area contributed by atoms with E-state index in [1.54, 1.807) is 24.3 Å². The van der Waals surface area contributed by atoms with Crippen LogP contribution in [0.1, 0.15) is 17.3 Å². The molecule has 0 aliphatic rings. The van der Waals surface area contributed by atoms with Gasteiger partial charge in [0.15, 0.2) is 0 Å². The number of benzene rings is 1. The minimum Gasteiger partial charge on any atom is -0.385 e. The van der Waals surface area contributed by atoms with E-state index in [-0.39, 0.29) is 5.84 Å². The number of rotatable bonds is 2. The van der Waals surface area contributed by atoms with Crippen molar-refractivity contribution in [2.24, 2.45) is 10.9 Å². The van der Waals surface area contributed by atoms with Gasteiger partial charge < -0.3 is 10.6 Å². The Morgan fingerprint density at radius 1 is 1.38 bits per heavy atom. The molecule has 1 rings (SSSR count). The SMILES string of the molecule is C/C(N)=N/OC(=O)c1ccccc1. The largest absolute Gasteiger partial charge is 0.385 e. The first-order valence-corrected chi connectivity index (χ1v) is 3.76. The molecule has 0 amide bonds. The van der Waals surface area contributed by atoms with Crippen LogP contribution in [0.25, 0.3) is 0 Å². The number of carbonyl (C=O) groups excluding carboxylic acids is 1. The average molecular weight is 178 g/mol. The maximum atomic E-state index is 11.2. The first-order chi connectivity index (χ1) is 6.20. The molecular weight excluding hydrogens is 168 g/mol. The van der Waals surface area contributed by atoms with Crippen molar-refractivity contribution in [3.8, 4) is 0 Å². The van der Waals surface area contributed by atoms with Gasteiger partial charge in [0.25, 0.3) is 0 Å². The molecule has 4 heteroatoms. The van der Waals surface area contributed by atoms with Crippen molar-refractivity contribution in [3.63, 3.8) is 0 Å². The topological polar surface area (TPSA) is 64.7 Å². The maximum absolute atomic E-state index is 11.2. The summed E-state index contributed by atoms with van der Waals surface area (Å²) in [5.74, 6) is -0.297. The molecule has 13 heavy (non-hydrogen) atoms. The molecule has 0 unspecified atom stereocenters. The van der Waals surface area contributed by atoms with Gasteiger partial charge in [0.05, 0.1) is 5.56 Å². The fourth-order valence-corrected chi connectivity index (χ4v) is 0.740. The quantitative estimate of drug-likeness (QED) is 0.319. The molecule has 1 aromatic rings. The predicted octanol–water partition coefficient (Wildman–Crippen LogP) is 1.14. The van der Waals surface area contributed by atoms with Crippen molar-refractivity contribution in [2.75, 3.05) is 0 Å². The third-order valence-electron chi connectivity index (χ3n) is 1.28. The number of hydrogen-bond donors (Lipinski definition) is 1. The lowest BCUT2D eigenvalue weighted by atomic mass is 10.2. The Balaban J connectivity index is 2.65. The average Bonchev–Trinajstić information content (AvgIpc) is 2.15. The van der Waals surface area contributed by atoms with Gasteiger partial charge in [-0.25, -0.2) is 4.79 Å². The highest BCUT2D eigenvalue weighted by Gasteiger charge is 2.04. The molecule has 0 spiro atoms. The highest BCUT2D eigenvalue weighted by Crippen LogP contribution is 2.00. The van der Waals surface area contributed by atoms with Gasteiger partial charge in [0.1, 0.15) is 5.84 Å². The highest BCUT2D eigenvalue weighted by atomic mass is 16.7. The van der Waals surface area contributed by atoms with Crippen LogP contribution in [0.4, 0.5) is 0 Å². The molecule has 0 atom stereocenters. The van der Waals surface area contributed by atoms with E-state index >= 15 is 0 Å². The molecule has 0 radical (unpaired) electrons. The summed E-state index contributed by atoms with van der Waals surface area (Å²) in [5.41, 5.74) is 5.64. The van der Waals surface area contributed by atoms with Crippen LogP contribution in [0, 0.1) is 0 Å². The molecule has 1 aromatic carbocycles. The Morgan fingerprint density at radius 3 is 2.54 bits per heavy atom. The van der Waals surface area contributed by atoms with Crippen LogP contribution in [-0.4, -0.2) is 11.8 Å². The van der Waals surface area contributed by atoms with Gasteiger partial charge in [-0.1, -0.05) is 23.4 Å². The standard InChI is InChI=1S/C9H10N2O2/c1-7(10)11-13-9(12)8-5-3-2-4-6-8/h2-6H,1H3,(H2,10,11). The smallest absolute Gasteiger partial charge is 0.365 e. The second-order valence-electron chi connectivity index (χ2n) is 2.48. The van der Waals surface area contributed by atoms with E-state index in [4.69, 9.17) is 5.73 Å². The number of carbonyl (C=O) groups is 1. The summed E-state index contributed by atoms with van der Waals surface area (Å²) >= 11 is 0. The van der Waals surface area contributed by atoms with Gasteiger partial charge in [-0.15, -0.1) is 0 Å². The third-order valence-corrected chi connectivity index (χ3v) is 1.28. The van der Waals surface area contributed by atoms with Crippen molar-refractivity contribution < 1.29 is 9.63 Å². The van der Waals surface area contributed by atoms with E-state index in [1.165, 1.54) is 6.92 Å². The monoisotopic (exact) mass is 178 g/mol. The molecule has 0 aliphatic heterocycles. The molecule has 0 saturated carbocycles. The van der Waals surface area contributed by atoms with Crippen LogP contribution in [0.2, 0.25) is 0 Å².